The second-order valence-electron chi connectivity index (χ2n) is 10.1. The van der Waals surface area contributed by atoms with Crippen LogP contribution in [-0.2, 0) is 14.4 Å². The Labute approximate surface area is 175 Å². The van der Waals surface area contributed by atoms with E-state index < -0.39 is 27.6 Å². The topological polar surface area (TPSA) is 115 Å². The fourth-order valence-electron chi connectivity index (χ4n) is 4.79. The Morgan fingerprint density at radius 1 is 1.00 bits per heavy atom. The highest BCUT2D eigenvalue weighted by atomic mass is 16.6. The Hall–Kier alpha value is -2.83. The summed E-state index contributed by atoms with van der Waals surface area (Å²) in [6, 6.07) is 5.65. The molecular formula is C23H27NO6. The largest absolute Gasteiger partial charge is 0.512 e. The summed E-state index contributed by atoms with van der Waals surface area (Å²) in [5.74, 6) is -3.23. The summed E-state index contributed by atoms with van der Waals surface area (Å²) in [7, 11) is 0. The Bertz CT molecular complexity index is 952. The molecule has 0 aliphatic heterocycles. The first kappa shape index (κ1) is 21.9. The van der Waals surface area contributed by atoms with Crippen molar-refractivity contribution in [3.63, 3.8) is 0 Å². The van der Waals surface area contributed by atoms with E-state index in [1.54, 1.807) is 6.07 Å². The molecule has 2 aliphatic carbocycles. The van der Waals surface area contributed by atoms with Crippen molar-refractivity contribution in [1.82, 2.24) is 0 Å². The summed E-state index contributed by atoms with van der Waals surface area (Å²) in [5.41, 5.74) is -0.753. The zero-order valence-corrected chi connectivity index (χ0v) is 17.7. The van der Waals surface area contributed by atoms with Crippen LogP contribution in [-0.4, -0.2) is 27.4 Å². The molecule has 2 aliphatic rings. The van der Waals surface area contributed by atoms with E-state index in [1.807, 2.05) is 27.7 Å². The summed E-state index contributed by atoms with van der Waals surface area (Å²) in [6.45, 7) is 7.40. The molecule has 0 spiro atoms. The molecule has 7 heteroatoms. The van der Waals surface area contributed by atoms with Crippen molar-refractivity contribution in [1.29, 1.82) is 0 Å². The number of allylic oxidation sites excluding steroid dienone is 2. The number of nitro groups is 1. The van der Waals surface area contributed by atoms with Crippen molar-refractivity contribution in [2.24, 2.45) is 16.7 Å². The minimum absolute atomic E-state index is 0.0428. The van der Waals surface area contributed by atoms with Gasteiger partial charge >= 0.3 is 0 Å². The number of nitro benzene ring substituents is 1. The van der Waals surface area contributed by atoms with Crippen molar-refractivity contribution in [2.45, 2.75) is 59.3 Å². The molecule has 0 radical (unpaired) electrons. The number of aliphatic hydroxyl groups excluding tert-OH is 1. The first-order valence-electron chi connectivity index (χ1n) is 10.1. The molecule has 30 heavy (non-hydrogen) atoms. The van der Waals surface area contributed by atoms with Gasteiger partial charge in [0.15, 0.2) is 5.78 Å². The third-order valence-corrected chi connectivity index (χ3v) is 5.98. The molecule has 160 valence electrons. The van der Waals surface area contributed by atoms with E-state index in [0.29, 0.717) is 5.56 Å². The maximum absolute atomic E-state index is 13.1. The highest BCUT2D eigenvalue weighted by Crippen LogP contribution is 2.47. The fraction of sp³-hybridized carbons (Fsp3) is 0.522. The number of ketones is 3. The molecule has 7 nitrogen and oxygen atoms in total. The zero-order valence-electron chi connectivity index (χ0n) is 17.7. The molecule has 1 aromatic carbocycles. The maximum atomic E-state index is 13.1. The Morgan fingerprint density at radius 3 is 2.10 bits per heavy atom. The van der Waals surface area contributed by atoms with Crippen LogP contribution in [0.5, 0.6) is 0 Å². The number of carbonyl (C=O) groups excluding carboxylic acids is 3. The average Bonchev–Trinajstić information content (AvgIpc) is 2.57. The van der Waals surface area contributed by atoms with Gasteiger partial charge in [0.2, 0.25) is 0 Å². The number of Topliss-reactive ketones (excluding diaryl/α,β-unsaturated/α-hetero) is 3. The molecule has 1 fully saturated rings. The molecule has 1 saturated carbocycles. The van der Waals surface area contributed by atoms with Crippen molar-refractivity contribution >= 4 is 23.0 Å². The van der Waals surface area contributed by atoms with Gasteiger partial charge in [-0.1, -0.05) is 39.8 Å². The van der Waals surface area contributed by atoms with Gasteiger partial charge in [0, 0.05) is 49.3 Å². The SMILES string of the molecule is CC1(C)CC(=O)C([C@H](C2=C(O)CC(C)(C)CC2=O)c2cccc([N+](=O)[O-])c2)C(=O)C1. The lowest BCUT2D eigenvalue weighted by Crippen LogP contribution is -2.43. The van der Waals surface area contributed by atoms with Gasteiger partial charge in [0.25, 0.3) is 5.69 Å². The molecule has 1 aromatic rings. The first-order chi connectivity index (χ1) is 13.8. The second kappa shape index (κ2) is 7.45. The number of hydrogen-bond acceptors (Lipinski definition) is 6. The van der Waals surface area contributed by atoms with Gasteiger partial charge in [-0.15, -0.1) is 0 Å². The quantitative estimate of drug-likeness (QED) is 0.443. The number of nitrogens with zero attached hydrogens (tertiary/aromatic N) is 1. The van der Waals surface area contributed by atoms with Crippen LogP contribution in [0.2, 0.25) is 0 Å². The molecule has 0 amide bonds. The number of carbonyl (C=O) groups is 3. The monoisotopic (exact) mass is 413 g/mol. The van der Waals surface area contributed by atoms with Gasteiger partial charge in [-0.05, 0) is 16.4 Å². The Balaban J connectivity index is 2.19. The first-order valence-corrected chi connectivity index (χ1v) is 10.1. The molecule has 0 saturated heterocycles. The summed E-state index contributed by atoms with van der Waals surface area (Å²) in [5, 5.41) is 22.1. The number of hydrogen-bond donors (Lipinski definition) is 1. The molecule has 1 atom stereocenters. The minimum atomic E-state index is -1.14. The van der Waals surface area contributed by atoms with Gasteiger partial charge in [-0.25, -0.2) is 0 Å². The van der Waals surface area contributed by atoms with E-state index in [-0.39, 0.29) is 60.1 Å². The molecule has 0 heterocycles. The van der Waals surface area contributed by atoms with Gasteiger partial charge in [-0.3, -0.25) is 24.5 Å². The summed E-state index contributed by atoms with van der Waals surface area (Å²) < 4.78 is 0. The van der Waals surface area contributed by atoms with E-state index in [2.05, 4.69) is 0 Å². The van der Waals surface area contributed by atoms with Crippen LogP contribution < -0.4 is 0 Å². The lowest BCUT2D eigenvalue weighted by molar-refractivity contribution is -0.384. The lowest BCUT2D eigenvalue weighted by atomic mass is 9.62. The smallest absolute Gasteiger partial charge is 0.269 e. The zero-order chi connectivity index (χ0) is 22.4. The van der Waals surface area contributed by atoms with Crippen LogP contribution in [0.3, 0.4) is 0 Å². The van der Waals surface area contributed by atoms with Gasteiger partial charge in [0.05, 0.1) is 10.8 Å². The summed E-state index contributed by atoms with van der Waals surface area (Å²) in [4.78, 5) is 49.9. The predicted molar refractivity (Wildman–Crippen MR) is 110 cm³/mol. The van der Waals surface area contributed by atoms with Crippen LogP contribution in [0.15, 0.2) is 35.6 Å². The highest BCUT2D eigenvalue weighted by Gasteiger charge is 2.48. The molecule has 0 aromatic heterocycles. The van der Waals surface area contributed by atoms with Crippen molar-refractivity contribution in [2.75, 3.05) is 0 Å². The van der Waals surface area contributed by atoms with Crippen LogP contribution in [0.25, 0.3) is 0 Å². The molecule has 0 bridgehead atoms. The third-order valence-electron chi connectivity index (χ3n) is 5.98. The van der Waals surface area contributed by atoms with Crippen molar-refractivity contribution in [3.8, 4) is 0 Å². The predicted octanol–water partition coefficient (Wildman–Crippen LogP) is 4.45. The summed E-state index contributed by atoms with van der Waals surface area (Å²) in [6.07, 6.45) is 0.740. The lowest BCUT2D eigenvalue weighted by Gasteiger charge is -2.38. The van der Waals surface area contributed by atoms with Crippen molar-refractivity contribution in [3.05, 3.63) is 51.3 Å². The second-order valence-corrected chi connectivity index (χ2v) is 10.1. The number of rotatable bonds is 4. The van der Waals surface area contributed by atoms with E-state index in [4.69, 9.17) is 0 Å². The van der Waals surface area contributed by atoms with E-state index in [0.717, 1.165) is 0 Å². The van der Waals surface area contributed by atoms with Crippen LogP contribution >= 0.6 is 0 Å². The number of aliphatic hydroxyl groups is 1. The van der Waals surface area contributed by atoms with Crippen molar-refractivity contribution < 1.29 is 24.4 Å². The molecule has 3 rings (SSSR count). The van der Waals surface area contributed by atoms with E-state index >= 15 is 0 Å². The van der Waals surface area contributed by atoms with E-state index in [1.165, 1.54) is 18.2 Å². The van der Waals surface area contributed by atoms with Crippen LogP contribution in [0, 0.1) is 26.9 Å². The van der Waals surface area contributed by atoms with Crippen LogP contribution in [0.1, 0.15) is 64.9 Å². The average molecular weight is 413 g/mol. The Morgan fingerprint density at radius 2 is 1.57 bits per heavy atom. The normalized spacial score (nSPS) is 22.9. The fourth-order valence-corrected chi connectivity index (χ4v) is 4.79. The molecular weight excluding hydrogens is 386 g/mol. The molecule has 1 N–H and O–H groups in total. The van der Waals surface area contributed by atoms with Crippen LogP contribution in [0.4, 0.5) is 5.69 Å². The van der Waals surface area contributed by atoms with Gasteiger partial charge in [-0.2, -0.15) is 0 Å². The third kappa shape index (κ3) is 4.20. The molecule has 0 unspecified atom stereocenters. The van der Waals surface area contributed by atoms with Gasteiger partial charge in [0.1, 0.15) is 17.3 Å². The number of non-ortho nitro benzene ring substituents is 1. The van der Waals surface area contributed by atoms with E-state index in [9.17, 15) is 29.6 Å². The standard InChI is InChI=1S/C23H27NO6/c1-22(2)9-15(25)20(16(26)10-22)19(13-6-5-7-14(8-13)24(29)30)21-17(27)11-23(3,4)12-18(21)28/h5-8,19-20,27H,9-12H2,1-4H3/t19-/m1/s1. The highest BCUT2D eigenvalue weighted by molar-refractivity contribution is 6.09. The minimum Gasteiger partial charge on any atom is -0.512 e. The van der Waals surface area contributed by atoms with Gasteiger partial charge < -0.3 is 5.11 Å². The summed E-state index contributed by atoms with van der Waals surface area (Å²) >= 11 is 0. The maximum Gasteiger partial charge on any atom is 0.269 e. The Kier molecular flexibility index (Phi) is 5.43. The number of benzene rings is 1.